The monoisotopic (exact) mass is 298 g/mol. The minimum Gasteiger partial charge on any atom is -0.298 e. The van der Waals surface area contributed by atoms with Crippen LogP contribution in [0.25, 0.3) is 0 Å². The van der Waals surface area contributed by atoms with Crippen LogP contribution in [0.3, 0.4) is 0 Å². The number of hydrogen-bond acceptors (Lipinski definition) is 2. The van der Waals surface area contributed by atoms with Gasteiger partial charge in [0.2, 0.25) is 0 Å². The zero-order valence-electron chi connectivity index (χ0n) is 13.2. The minimum absolute atomic E-state index is 0.288. The first-order valence-electron chi connectivity index (χ1n) is 7.23. The van der Waals surface area contributed by atoms with Gasteiger partial charge < -0.3 is 0 Å². The maximum absolute atomic E-state index is 12.2. The summed E-state index contributed by atoms with van der Waals surface area (Å²) >= 11 is 1.63. The van der Waals surface area contributed by atoms with Gasteiger partial charge in [-0.15, -0.1) is 11.8 Å². The minimum atomic E-state index is 0.288. The van der Waals surface area contributed by atoms with Crippen molar-refractivity contribution in [2.24, 2.45) is 0 Å². The number of carbonyl (C=O) groups excluding carboxylic acids is 1. The number of aryl methyl sites for hydroxylation is 4. The number of carbonyl (C=O) groups is 1. The number of Topliss-reactive ketones (excluding diaryl/α,β-unsaturated/α-hetero) is 1. The summed E-state index contributed by atoms with van der Waals surface area (Å²) in [6.07, 6.45) is 0.538. The number of ketones is 1. The van der Waals surface area contributed by atoms with Crippen molar-refractivity contribution in [3.63, 3.8) is 0 Å². The maximum atomic E-state index is 12.2. The van der Waals surface area contributed by atoms with E-state index in [0.29, 0.717) is 12.2 Å². The van der Waals surface area contributed by atoms with Crippen LogP contribution < -0.4 is 0 Å². The summed E-state index contributed by atoms with van der Waals surface area (Å²) in [4.78, 5) is 13.4. The van der Waals surface area contributed by atoms with Crippen LogP contribution in [0.5, 0.6) is 0 Å². The van der Waals surface area contributed by atoms with Crippen molar-refractivity contribution in [2.75, 3.05) is 5.75 Å². The Morgan fingerprint density at radius 2 is 1.62 bits per heavy atom. The lowest BCUT2D eigenvalue weighted by Crippen LogP contribution is -2.08. The van der Waals surface area contributed by atoms with E-state index in [1.165, 1.54) is 32.7 Å². The zero-order valence-corrected chi connectivity index (χ0v) is 14.0. The molecule has 2 heteroatoms. The zero-order chi connectivity index (χ0) is 15.4. The van der Waals surface area contributed by atoms with E-state index in [2.05, 4.69) is 58.0 Å². The third-order valence-electron chi connectivity index (χ3n) is 3.60. The molecule has 0 atom stereocenters. The molecule has 0 saturated carbocycles. The quantitative estimate of drug-likeness (QED) is 0.736. The molecule has 2 aromatic carbocycles. The summed E-state index contributed by atoms with van der Waals surface area (Å²) in [5, 5.41) is 0. The summed E-state index contributed by atoms with van der Waals surface area (Å²) in [5.74, 6) is 0.826. The SMILES string of the molecule is Cc1cccc(SCC(=O)Cc2c(C)cc(C)cc2C)c1. The molecule has 21 heavy (non-hydrogen) atoms. The molecule has 0 aromatic heterocycles. The summed E-state index contributed by atoms with van der Waals surface area (Å²) in [6.45, 7) is 8.36. The second-order valence-corrected chi connectivity index (χ2v) is 6.75. The average molecular weight is 298 g/mol. The fourth-order valence-corrected chi connectivity index (χ4v) is 3.48. The van der Waals surface area contributed by atoms with Crippen molar-refractivity contribution in [3.8, 4) is 0 Å². The lowest BCUT2D eigenvalue weighted by atomic mass is 9.96. The molecule has 0 N–H and O–H groups in total. The number of rotatable bonds is 5. The third-order valence-corrected chi connectivity index (χ3v) is 4.66. The molecule has 2 aromatic rings. The van der Waals surface area contributed by atoms with Crippen molar-refractivity contribution in [1.82, 2.24) is 0 Å². The molecule has 0 aliphatic rings. The normalized spacial score (nSPS) is 10.7. The van der Waals surface area contributed by atoms with Crippen LogP contribution in [0.2, 0.25) is 0 Å². The number of benzene rings is 2. The highest BCUT2D eigenvalue weighted by atomic mass is 32.2. The largest absolute Gasteiger partial charge is 0.298 e. The molecule has 110 valence electrons. The molecular formula is C19H22OS. The van der Waals surface area contributed by atoms with Gasteiger partial charge in [0.15, 0.2) is 0 Å². The van der Waals surface area contributed by atoms with Crippen molar-refractivity contribution in [3.05, 3.63) is 64.2 Å². The molecular weight excluding hydrogens is 276 g/mol. The highest BCUT2D eigenvalue weighted by Crippen LogP contribution is 2.21. The molecule has 0 aliphatic carbocycles. The standard InChI is InChI=1S/C19H22OS/c1-13-6-5-7-18(10-13)21-12-17(20)11-19-15(3)8-14(2)9-16(19)4/h5-10H,11-12H2,1-4H3. The van der Waals surface area contributed by atoms with E-state index >= 15 is 0 Å². The molecule has 0 bridgehead atoms. The molecule has 0 fully saturated rings. The third kappa shape index (κ3) is 4.47. The van der Waals surface area contributed by atoms with Crippen LogP contribution in [0.15, 0.2) is 41.3 Å². The Morgan fingerprint density at radius 3 is 2.24 bits per heavy atom. The predicted molar refractivity (Wildman–Crippen MR) is 91.3 cm³/mol. The smallest absolute Gasteiger partial charge is 0.147 e. The summed E-state index contributed by atoms with van der Waals surface area (Å²) < 4.78 is 0. The second-order valence-electron chi connectivity index (χ2n) is 5.70. The Kier molecular flexibility index (Phi) is 5.24. The summed E-state index contributed by atoms with van der Waals surface area (Å²) in [6, 6.07) is 12.6. The van der Waals surface area contributed by atoms with Gasteiger partial charge in [-0.25, -0.2) is 0 Å². The van der Waals surface area contributed by atoms with Gasteiger partial charge in [0.25, 0.3) is 0 Å². The van der Waals surface area contributed by atoms with Gasteiger partial charge in [-0.05, 0) is 56.5 Å². The second kappa shape index (κ2) is 6.95. The van der Waals surface area contributed by atoms with Crippen LogP contribution >= 0.6 is 11.8 Å². The fraction of sp³-hybridized carbons (Fsp3) is 0.316. The van der Waals surface area contributed by atoms with E-state index in [4.69, 9.17) is 0 Å². The van der Waals surface area contributed by atoms with Crippen LogP contribution in [-0.2, 0) is 11.2 Å². The Balaban J connectivity index is 1.99. The summed E-state index contributed by atoms with van der Waals surface area (Å²) in [5.41, 5.74) is 6.13. The van der Waals surface area contributed by atoms with E-state index in [-0.39, 0.29) is 5.78 Å². The van der Waals surface area contributed by atoms with E-state index < -0.39 is 0 Å². The predicted octanol–water partition coefficient (Wildman–Crippen LogP) is 4.82. The average Bonchev–Trinajstić information content (AvgIpc) is 2.40. The Labute approximate surface area is 131 Å². The van der Waals surface area contributed by atoms with Crippen LogP contribution in [0, 0.1) is 27.7 Å². The lowest BCUT2D eigenvalue weighted by Gasteiger charge is -2.10. The van der Waals surface area contributed by atoms with Crippen molar-refractivity contribution in [1.29, 1.82) is 0 Å². The van der Waals surface area contributed by atoms with Gasteiger partial charge in [0.1, 0.15) is 5.78 Å². The van der Waals surface area contributed by atoms with Crippen LogP contribution in [0.4, 0.5) is 0 Å². The van der Waals surface area contributed by atoms with Gasteiger partial charge in [-0.3, -0.25) is 4.79 Å². The van der Waals surface area contributed by atoms with E-state index in [1.807, 2.05) is 6.07 Å². The van der Waals surface area contributed by atoms with Crippen molar-refractivity contribution < 1.29 is 4.79 Å². The van der Waals surface area contributed by atoms with E-state index in [1.54, 1.807) is 11.8 Å². The van der Waals surface area contributed by atoms with Crippen molar-refractivity contribution in [2.45, 2.75) is 39.0 Å². The molecule has 0 amide bonds. The van der Waals surface area contributed by atoms with Crippen LogP contribution in [0.1, 0.15) is 27.8 Å². The molecule has 0 spiro atoms. The first-order valence-corrected chi connectivity index (χ1v) is 8.22. The van der Waals surface area contributed by atoms with Gasteiger partial charge in [-0.1, -0.05) is 35.4 Å². The summed E-state index contributed by atoms with van der Waals surface area (Å²) in [7, 11) is 0. The van der Waals surface area contributed by atoms with Gasteiger partial charge in [0, 0.05) is 11.3 Å². The fourth-order valence-electron chi connectivity index (χ4n) is 2.61. The molecule has 0 radical (unpaired) electrons. The van der Waals surface area contributed by atoms with E-state index in [9.17, 15) is 4.79 Å². The topological polar surface area (TPSA) is 17.1 Å². The number of thioether (sulfide) groups is 1. The molecule has 0 aliphatic heterocycles. The molecule has 0 saturated heterocycles. The maximum Gasteiger partial charge on any atom is 0.147 e. The van der Waals surface area contributed by atoms with Gasteiger partial charge in [0.05, 0.1) is 5.75 Å². The molecule has 0 heterocycles. The number of hydrogen-bond donors (Lipinski definition) is 0. The first-order chi connectivity index (χ1) is 9.95. The highest BCUT2D eigenvalue weighted by Gasteiger charge is 2.10. The Bertz CT molecular complexity index is 635. The van der Waals surface area contributed by atoms with E-state index in [0.717, 1.165) is 0 Å². The molecule has 0 unspecified atom stereocenters. The highest BCUT2D eigenvalue weighted by molar-refractivity contribution is 8.00. The Hall–Kier alpha value is -1.54. The lowest BCUT2D eigenvalue weighted by molar-refractivity contribution is -0.116. The van der Waals surface area contributed by atoms with Gasteiger partial charge >= 0.3 is 0 Å². The Morgan fingerprint density at radius 1 is 0.952 bits per heavy atom. The first kappa shape index (κ1) is 15.8. The van der Waals surface area contributed by atoms with Gasteiger partial charge in [-0.2, -0.15) is 0 Å². The molecule has 1 nitrogen and oxygen atoms in total. The molecule has 2 rings (SSSR count). The van der Waals surface area contributed by atoms with Crippen molar-refractivity contribution >= 4 is 17.5 Å². The van der Waals surface area contributed by atoms with Crippen LogP contribution in [-0.4, -0.2) is 11.5 Å².